The summed E-state index contributed by atoms with van der Waals surface area (Å²) >= 11 is 6.19. The summed E-state index contributed by atoms with van der Waals surface area (Å²) in [6, 6.07) is 7.55. The number of hydrogen-bond acceptors (Lipinski definition) is 5. The van der Waals surface area contributed by atoms with Gasteiger partial charge in [-0.2, -0.15) is 0 Å². The summed E-state index contributed by atoms with van der Waals surface area (Å²) in [7, 11) is 0. The Morgan fingerprint density at radius 1 is 1.16 bits per heavy atom. The van der Waals surface area contributed by atoms with Crippen molar-refractivity contribution in [2.75, 3.05) is 37.6 Å². The molecule has 0 aromatic heterocycles. The molecule has 0 bridgehead atoms. The Morgan fingerprint density at radius 3 is 2.44 bits per heavy atom. The minimum Gasteiger partial charge on any atom is -0.479 e. The summed E-state index contributed by atoms with van der Waals surface area (Å²) in [5.74, 6) is -1.96. The molecule has 9 heteroatoms. The Kier molecular flexibility index (Phi) is 5.10. The molecule has 2 atom stereocenters. The highest BCUT2D eigenvalue weighted by atomic mass is 35.5. The van der Waals surface area contributed by atoms with Gasteiger partial charge >= 0.3 is 5.97 Å². The number of ether oxygens (including phenoxy) is 1. The lowest BCUT2D eigenvalue weighted by molar-refractivity contribution is -0.138. The average Bonchev–Trinajstić information content (AvgIpc) is 3.41. The zero-order valence-electron chi connectivity index (χ0n) is 13.4. The van der Waals surface area contributed by atoms with Crippen LogP contribution in [0.15, 0.2) is 24.3 Å². The zero-order valence-corrected chi connectivity index (χ0v) is 14.1. The van der Waals surface area contributed by atoms with E-state index >= 15 is 0 Å². The molecule has 0 saturated carbocycles. The van der Waals surface area contributed by atoms with Gasteiger partial charge in [-0.1, -0.05) is 23.7 Å². The Balaban J connectivity index is 1.44. The van der Waals surface area contributed by atoms with Crippen molar-refractivity contribution < 1.29 is 24.2 Å². The Labute approximate surface area is 149 Å². The minimum absolute atomic E-state index is 0.170. The molecule has 2 amide bonds. The van der Waals surface area contributed by atoms with Crippen LogP contribution in [0.5, 0.6) is 0 Å². The van der Waals surface area contributed by atoms with Crippen molar-refractivity contribution in [1.29, 1.82) is 0 Å². The van der Waals surface area contributed by atoms with Gasteiger partial charge in [0, 0.05) is 26.2 Å². The first kappa shape index (κ1) is 17.5. The standard InChI is InChI=1S/C16H18ClN3O5/c17-10-3-1-2-4-11(10)19-5-7-20(8-6-19)12(21)9-18-15(22)13-14(25-13)16(23)24/h1-4,13-14H,5-9H2,(H,18,22)(H,23,24). The van der Waals surface area contributed by atoms with Crippen LogP contribution in [-0.2, 0) is 19.1 Å². The van der Waals surface area contributed by atoms with E-state index in [1.165, 1.54) is 0 Å². The van der Waals surface area contributed by atoms with E-state index in [0.717, 1.165) is 5.69 Å². The number of epoxide rings is 1. The van der Waals surface area contributed by atoms with Gasteiger partial charge in [-0.3, -0.25) is 9.59 Å². The third-order valence-electron chi connectivity index (χ3n) is 4.23. The molecule has 2 unspecified atom stereocenters. The van der Waals surface area contributed by atoms with Crippen LogP contribution < -0.4 is 10.2 Å². The summed E-state index contributed by atoms with van der Waals surface area (Å²) in [5.41, 5.74) is 0.940. The van der Waals surface area contributed by atoms with E-state index in [1.807, 2.05) is 24.3 Å². The maximum Gasteiger partial charge on any atom is 0.336 e. The predicted molar refractivity (Wildman–Crippen MR) is 89.6 cm³/mol. The Morgan fingerprint density at radius 2 is 1.84 bits per heavy atom. The first-order valence-electron chi connectivity index (χ1n) is 7.90. The van der Waals surface area contributed by atoms with Crippen LogP contribution >= 0.6 is 11.6 Å². The number of halogens is 1. The highest BCUT2D eigenvalue weighted by molar-refractivity contribution is 6.33. The van der Waals surface area contributed by atoms with Crippen molar-refractivity contribution in [2.45, 2.75) is 12.2 Å². The number of nitrogens with zero attached hydrogens (tertiary/aromatic N) is 2. The predicted octanol–water partition coefficient (Wildman–Crippen LogP) is -0.0432. The van der Waals surface area contributed by atoms with E-state index in [9.17, 15) is 14.4 Å². The molecule has 2 heterocycles. The Bertz CT molecular complexity index is 690. The van der Waals surface area contributed by atoms with Gasteiger partial charge in [-0.05, 0) is 12.1 Å². The second kappa shape index (κ2) is 7.28. The lowest BCUT2D eigenvalue weighted by atomic mass is 10.2. The summed E-state index contributed by atoms with van der Waals surface area (Å²) in [6.45, 7) is 2.18. The van der Waals surface area contributed by atoms with Gasteiger partial charge < -0.3 is 25.0 Å². The first-order chi connectivity index (χ1) is 12.0. The fraction of sp³-hybridized carbons (Fsp3) is 0.438. The number of rotatable bonds is 5. The monoisotopic (exact) mass is 367 g/mol. The molecule has 0 aliphatic carbocycles. The van der Waals surface area contributed by atoms with E-state index in [1.54, 1.807) is 4.90 Å². The molecule has 1 aromatic carbocycles. The number of nitrogens with one attached hydrogen (secondary N) is 1. The molecule has 25 heavy (non-hydrogen) atoms. The van der Waals surface area contributed by atoms with Crippen molar-refractivity contribution in [1.82, 2.24) is 10.2 Å². The van der Waals surface area contributed by atoms with E-state index in [2.05, 4.69) is 10.2 Å². The van der Waals surface area contributed by atoms with Gasteiger partial charge in [-0.15, -0.1) is 0 Å². The van der Waals surface area contributed by atoms with Crippen LogP contribution in [0.1, 0.15) is 0 Å². The van der Waals surface area contributed by atoms with Crippen LogP contribution in [0.4, 0.5) is 5.69 Å². The lowest BCUT2D eigenvalue weighted by Crippen LogP contribution is -2.51. The average molecular weight is 368 g/mol. The smallest absolute Gasteiger partial charge is 0.336 e. The highest BCUT2D eigenvalue weighted by Crippen LogP contribution is 2.26. The molecule has 1 aromatic rings. The molecular formula is C16H18ClN3O5. The molecule has 2 N–H and O–H groups in total. The number of anilines is 1. The fourth-order valence-corrected chi connectivity index (χ4v) is 3.03. The number of para-hydroxylation sites is 1. The van der Waals surface area contributed by atoms with Crippen molar-refractivity contribution in [3.05, 3.63) is 29.3 Å². The van der Waals surface area contributed by atoms with Crippen molar-refractivity contribution in [2.24, 2.45) is 0 Å². The summed E-state index contributed by atoms with van der Waals surface area (Å²) in [4.78, 5) is 38.3. The van der Waals surface area contributed by atoms with Crippen LogP contribution in [0, 0.1) is 0 Å². The van der Waals surface area contributed by atoms with E-state index in [-0.39, 0.29) is 12.5 Å². The fourth-order valence-electron chi connectivity index (χ4n) is 2.78. The van der Waals surface area contributed by atoms with Crippen molar-refractivity contribution in [3.8, 4) is 0 Å². The number of aliphatic carboxylic acids is 1. The van der Waals surface area contributed by atoms with E-state index in [0.29, 0.717) is 31.2 Å². The SMILES string of the molecule is O=C(O)C1OC1C(=O)NCC(=O)N1CCN(c2ccccc2Cl)CC1. The molecule has 2 aliphatic rings. The number of carboxylic acids is 1. The third kappa shape index (κ3) is 4.02. The topological polar surface area (TPSA) is 102 Å². The van der Waals surface area contributed by atoms with Crippen LogP contribution in [-0.4, -0.2) is 72.7 Å². The van der Waals surface area contributed by atoms with Gasteiger partial charge in [0.2, 0.25) is 5.91 Å². The minimum atomic E-state index is -1.18. The van der Waals surface area contributed by atoms with Gasteiger partial charge in [0.05, 0.1) is 17.3 Å². The molecule has 134 valence electrons. The molecule has 0 radical (unpaired) electrons. The molecule has 2 aliphatic heterocycles. The first-order valence-corrected chi connectivity index (χ1v) is 8.28. The third-order valence-corrected chi connectivity index (χ3v) is 4.55. The second-order valence-corrected chi connectivity index (χ2v) is 6.26. The second-order valence-electron chi connectivity index (χ2n) is 5.85. The number of carbonyl (C=O) groups is 3. The normalized spacial score (nSPS) is 22.4. The van der Waals surface area contributed by atoms with Crippen molar-refractivity contribution >= 4 is 35.1 Å². The van der Waals surface area contributed by atoms with E-state index in [4.69, 9.17) is 21.4 Å². The summed E-state index contributed by atoms with van der Waals surface area (Å²) < 4.78 is 4.74. The number of benzene rings is 1. The molecule has 0 spiro atoms. The quantitative estimate of drug-likeness (QED) is 0.708. The van der Waals surface area contributed by atoms with Gasteiger partial charge in [0.1, 0.15) is 0 Å². The largest absolute Gasteiger partial charge is 0.479 e. The van der Waals surface area contributed by atoms with Gasteiger partial charge in [-0.25, -0.2) is 4.79 Å². The van der Waals surface area contributed by atoms with Gasteiger partial charge in [0.25, 0.3) is 5.91 Å². The molecule has 3 rings (SSSR count). The highest BCUT2D eigenvalue weighted by Gasteiger charge is 2.50. The number of amides is 2. The molecule has 2 fully saturated rings. The number of hydrogen-bond donors (Lipinski definition) is 2. The van der Waals surface area contributed by atoms with Gasteiger partial charge in [0.15, 0.2) is 12.2 Å². The number of carbonyl (C=O) groups excluding carboxylic acids is 2. The van der Waals surface area contributed by atoms with Crippen LogP contribution in [0.3, 0.4) is 0 Å². The van der Waals surface area contributed by atoms with E-state index < -0.39 is 24.1 Å². The van der Waals surface area contributed by atoms with Crippen molar-refractivity contribution in [3.63, 3.8) is 0 Å². The van der Waals surface area contributed by atoms with Crippen LogP contribution in [0.2, 0.25) is 5.02 Å². The maximum atomic E-state index is 12.2. The molecular weight excluding hydrogens is 350 g/mol. The molecule has 2 saturated heterocycles. The maximum absolute atomic E-state index is 12.2. The zero-order chi connectivity index (χ0) is 18.0. The Hall–Kier alpha value is -2.32. The molecule has 8 nitrogen and oxygen atoms in total. The summed E-state index contributed by atoms with van der Waals surface area (Å²) in [6.07, 6.45) is -2.10. The van der Waals surface area contributed by atoms with Crippen LogP contribution in [0.25, 0.3) is 0 Å². The number of carboxylic acid groups (broad SMARTS) is 1. The number of piperazine rings is 1. The summed E-state index contributed by atoms with van der Waals surface area (Å²) in [5, 5.41) is 11.8. The lowest BCUT2D eigenvalue weighted by Gasteiger charge is -2.36.